The molecule has 19 heavy (non-hydrogen) atoms. The molecule has 5 nitrogen and oxygen atoms in total. The van der Waals surface area contributed by atoms with Crippen molar-refractivity contribution < 1.29 is 9.53 Å². The molecule has 1 amide bonds. The Kier molecular flexibility index (Phi) is 3.55. The van der Waals surface area contributed by atoms with Gasteiger partial charge in [-0.3, -0.25) is 9.48 Å². The Bertz CT molecular complexity index is 617. The van der Waals surface area contributed by atoms with E-state index in [1.54, 1.807) is 25.0 Å². The number of benzene rings is 1. The van der Waals surface area contributed by atoms with Gasteiger partial charge in [-0.2, -0.15) is 5.10 Å². The van der Waals surface area contributed by atoms with Crippen LogP contribution in [0.4, 0.5) is 5.69 Å². The van der Waals surface area contributed by atoms with Gasteiger partial charge in [0, 0.05) is 12.7 Å². The van der Waals surface area contributed by atoms with Crippen LogP contribution in [0, 0.1) is 13.8 Å². The van der Waals surface area contributed by atoms with Crippen molar-refractivity contribution in [2.75, 3.05) is 12.4 Å². The van der Waals surface area contributed by atoms with Crippen molar-refractivity contribution in [3.63, 3.8) is 0 Å². The molecule has 0 unspecified atom stereocenters. The topological polar surface area (TPSA) is 56.1 Å². The average Bonchev–Trinajstić information content (AvgIpc) is 2.70. The van der Waals surface area contributed by atoms with Gasteiger partial charge in [0.1, 0.15) is 5.75 Å². The monoisotopic (exact) mass is 259 g/mol. The third-order valence-corrected chi connectivity index (χ3v) is 3.08. The number of hydrogen-bond donors (Lipinski definition) is 1. The summed E-state index contributed by atoms with van der Waals surface area (Å²) in [7, 11) is 3.38. The Hall–Kier alpha value is -2.30. The first-order chi connectivity index (χ1) is 9.02. The second-order valence-corrected chi connectivity index (χ2v) is 4.43. The Morgan fingerprint density at radius 1 is 1.37 bits per heavy atom. The summed E-state index contributed by atoms with van der Waals surface area (Å²) in [6.45, 7) is 3.82. The molecule has 0 aliphatic rings. The Morgan fingerprint density at radius 3 is 2.68 bits per heavy atom. The lowest BCUT2D eigenvalue weighted by molar-refractivity contribution is 0.102. The maximum atomic E-state index is 12.2. The minimum Gasteiger partial charge on any atom is -0.495 e. The molecule has 0 saturated carbocycles. The number of rotatable bonds is 3. The lowest BCUT2D eigenvalue weighted by atomic mass is 10.2. The van der Waals surface area contributed by atoms with Crippen LogP contribution in [0.5, 0.6) is 5.75 Å². The smallest absolute Gasteiger partial charge is 0.259 e. The van der Waals surface area contributed by atoms with Gasteiger partial charge in [0.25, 0.3) is 5.91 Å². The highest BCUT2D eigenvalue weighted by atomic mass is 16.5. The second kappa shape index (κ2) is 5.14. The number of anilines is 1. The summed E-state index contributed by atoms with van der Waals surface area (Å²) in [6.07, 6.45) is 1.56. The van der Waals surface area contributed by atoms with Crippen LogP contribution >= 0.6 is 0 Å². The molecule has 1 aromatic carbocycles. The van der Waals surface area contributed by atoms with E-state index in [-0.39, 0.29) is 5.91 Å². The van der Waals surface area contributed by atoms with Crippen LogP contribution in [0.15, 0.2) is 24.4 Å². The fourth-order valence-electron chi connectivity index (χ4n) is 1.83. The van der Waals surface area contributed by atoms with E-state index in [1.165, 1.54) is 0 Å². The van der Waals surface area contributed by atoms with E-state index < -0.39 is 0 Å². The van der Waals surface area contributed by atoms with Gasteiger partial charge in [-0.1, -0.05) is 6.07 Å². The second-order valence-electron chi connectivity index (χ2n) is 4.43. The SMILES string of the molecule is COc1ccc(C)cc1NC(=O)c1cnn(C)c1C. The maximum Gasteiger partial charge on any atom is 0.259 e. The number of amides is 1. The molecule has 2 aromatic rings. The number of ether oxygens (including phenoxy) is 1. The number of hydrogen-bond acceptors (Lipinski definition) is 3. The molecule has 100 valence electrons. The summed E-state index contributed by atoms with van der Waals surface area (Å²) in [6, 6.07) is 5.65. The molecule has 1 heterocycles. The molecule has 0 radical (unpaired) electrons. The summed E-state index contributed by atoms with van der Waals surface area (Å²) in [5.41, 5.74) is 3.10. The number of aromatic nitrogens is 2. The van der Waals surface area contributed by atoms with E-state index >= 15 is 0 Å². The number of carbonyl (C=O) groups excluding carboxylic acids is 1. The van der Waals surface area contributed by atoms with Gasteiger partial charge >= 0.3 is 0 Å². The van der Waals surface area contributed by atoms with Crippen molar-refractivity contribution in [2.24, 2.45) is 7.05 Å². The fraction of sp³-hybridized carbons (Fsp3) is 0.286. The zero-order chi connectivity index (χ0) is 14.0. The number of nitrogens with one attached hydrogen (secondary N) is 1. The summed E-state index contributed by atoms with van der Waals surface area (Å²) < 4.78 is 6.91. The van der Waals surface area contributed by atoms with Gasteiger partial charge in [0.05, 0.1) is 24.6 Å². The molecule has 5 heteroatoms. The zero-order valence-electron chi connectivity index (χ0n) is 11.5. The van der Waals surface area contributed by atoms with Crippen LogP contribution in [-0.2, 0) is 7.05 Å². The highest BCUT2D eigenvalue weighted by Gasteiger charge is 2.14. The maximum absolute atomic E-state index is 12.2. The van der Waals surface area contributed by atoms with Gasteiger partial charge < -0.3 is 10.1 Å². The minimum atomic E-state index is -0.186. The molecule has 0 spiro atoms. The molecule has 1 N–H and O–H groups in total. The summed E-state index contributed by atoms with van der Waals surface area (Å²) in [5, 5.41) is 6.92. The lowest BCUT2D eigenvalue weighted by Gasteiger charge is -2.10. The summed E-state index contributed by atoms with van der Waals surface area (Å²) in [5.74, 6) is 0.454. The Morgan fingerprint density at radius 2 is 2.11 bits per heavy atom. The molecular formula is C14H17N3O2. The van der Waals surface area contributed by atoms with Gasteiger partial charge in [-0.05, 0) is 31.5 Å². The quantitative estimate of drug-likeness (QED) is 0.920. The normalized spacial score (nSPS) is 10.3. The molecule has 0 fully saturated rings. The highest BCUT2D eigenvalue weighted by molar-refractivity contribution is 6.05. The van der Waals surface area contributed by atoms with Crippen molar-refractivity contribution >= 4 is 11.6 Å². The number of methoxy groups -OCH3 is 1. The number of nitrogens with zero attached hydrogens (tertiary/aromatic N) is 2. The number of carbonyl (C=O) groups is 1. The van der Waals surface area contributed by atoms with Crippen LogP contribution in [-0.4, -0.2) is 22.8 Å². The fourth-order valence-corrected chi connectivity index (χ4v) is 1.83. The summed E-state index contributed by atoms with van der Waals surface area (Å²) in [4.78, 5) is 12.2. The average molecular weight is 259 g/mol. The van der Waals surface area contributed by atoms with E-state index in [4.69, 9.17) is 4.74 Å². The zero-order valence-corrected chi connectivity index (χ0v) is 11.5. The van der Waals surface area contributed by atoms with Crippen molar-refractivity contribution in [1.82, 2.24) is 9.78 Å². The minimum absolute atomic E-state index is 0.186. The van der Waals surface area contributed by atoms with Crippen LogP contribution in [0.25, 0.3) is 0 Å². The predicted octanol–water partition coefficient (Wildman–Crippen LogP) is 2.30. The largest absolute Gasteiger partial charge is 0.495 e. The Labute approximate surface area is 112 Å². The lowest BCUT2D eigenvalue weighted by Crippen LogP contribution is -2.13. The molecule has 0 bridgehead atoms. The van der Waals surface area contributed by atoms with E-state index in [0.29, 0.717) is 17.0 Å². The third-order valence-electron chi connectivity index (χ3n) is 3.08. The van der Waals surface area contributed by atoms with Crippen molar-refractivity contribution in [3.05, 3.63) is 41.2 Å². The van der Waals surface area contributed by atoms with Crippen LogP contribution < -0.4 is 10.1 Å². The molecule has 1 aromatic heterocycles. The Balaban J connectivity index is 2.28. The van der Waals surface area contributed by atoms with E-state index in [1.807, 2.05) is 32.0 Å². The number of aryl methyl sites for hydroxylation is 2. The van der Waals surface area contributed by atoms with Crippen molar-refractivity contribution in [1.29, 1.82) is 0 Å². The molecule has 2 rings (SSSR count). The van der Waals surface area contributed by atoms with Crippen LogP contribution in [0.2, 0.25) is 0 Å². The van der Waals surface area contributed by atoms with Crippen molar-refractivity contribution in [3.8, 4) is 5.75 Å². The van der Waals surface area contributed by atoms with Crippen molar-refractivity contribution in [2.45, 2.75) is 13.8 Å². The first-order valence-electron chi connectivity index (χ1n) is 5.97. The molecule has 0 atom stereocenters. The third kappa shape index (κ3) is 2.59. The van der Waals surface area contributed by atoms with Crippen LogP contribution in [0.1, 0.15) is 21.6 Å². The molecule has 0 saturated heterocycles. The molecule has 0 aliphatic carbocycles. The van der Waals surface area contributed by atoms with Crippen LogP contribution in [0.3, 0.4) is 0 Å². The highest BCUT2D eigenvalue weighted by Crippen LogP contribution is 2.25. The first kappa shape index (κ1) is 13.1. The van der Waals surface area contributed by atoms with Gasteiger partial charge in [0.2, 0.25) is 0 Å². The van der Waals surface area contributed by atoms with E-state index in [0.717, 1.165) is 11.3 Å². The summed E-state index contributed by atoms with van der Waals surface area (Å²) >= 11 is 0. The van der Waals surface area contributed by atoms with E-state index in [2.05, 4.69) is 10.4 Å². The first-order valence-corrected chi connectivity index (χ1v) is 5.97. The molecular weight excluding hydrogens is 242 g/mol. The standard InChI is InChI=1S/C14H17N3O2/c1-9-5-6-13(19-4)12(7-9)16-14(18)11-8-15-17(3)10(11)2/h5-8H,1-4H3,(H,16,18). The molecule has 0 aliphatic heterocycles. The van der Waals surface area contributed by atoms with Gasteiger partial charge in [-0.25, -0.2) is 0 Å². The van der Waals surface area contributed by atoms with Gasteiger partial charge in [-0.15, -0.1) is 0 Å². The van der Waals surface area contributed by atoms with Gasteiger partial charge in [0.15, 0.2) is 0 Å². The van der Waals surface area contributed by atoms with E-state index in [9.17, 15) is 4.79 Å². The predicted molar refractivity (Wildman–Crippen MR) is 73.6 cm³/mol.